The van der Waals surface area contributed by atoms with Crippen LogP contribution in [0, 0.1) is 0 Å². The van der Waals surface area contributed by atoms with Gasteiger partial charge in [0, 0.05) is 12.1 Å². The van der Waals surface area contributed by atoms with Crippen molar-refractivity contribution in [1.29, 1.82) is 0 Å². The fourth-order valence-electron chi connectivity index (χ4n) is 3.61. The Morgan fingerprint density at radius 1 is 1.29 bits per heavy atom. The summed E-state index contributed by atoms with van der Waals surface area (Å²) >= 11 is 0. The first-order chi connectivity index (χ1) is 8.18. The smallest absolute Gasteiger partial charge is 0.246 e. The van der Waals surface area contributed by atoms with Crippen molar-refractivity contribution in [2.24, 2.45) is 0 Å². The lowest BCUT2D eigenvalue weighted by atomic mass is 9.72. The van der Waals surface area contributed by atoms with Crippen LogP contribution in [0.25, 0.3) is 0 Å². The summed E-state index contributed by atoms with van der Waals surface area (Å²) in [5.74, 6) is 0.371. The van der Waals surface area contributed by atoms with Gasteiger partial charge in [-0.15, -0.1) is 0 Å². The molecule has 4 nitrogen and oxygen atoms in total. The van der Waals surface area contributed by atoms with Crippen molar-refractivity contribution in [3.63, 3.8) is 0 Å². The number of hydrogen-bond donors (Lipinski definition) is 0. The molecule has 0 aromatic rings. The molecule has 94 valence electrons. The molecule has 0 aromatic heterocycles. The fraction of sp³-hybridized carbons (Fsp3) is 0.846. The minimum Gasteiger partial charge on any atom is -0.329 e. The van der Waals surface area contributed by atoms with Crippen LogP contribution in [-0.4, -0.2) is 46.3 Å². The quantitative estimate of drug-likeness (QED) is 0.721. The summed E-state index contributed by atoms with van der Waals surface area (Å²) in [7, 11) is 0. The molecule has 1 unspecified atom stereocenters. The molecule has 4 heteroatoms. The van der Waals surface area contributed by atoms with Gasteiger partial charge in [-0.1, -0.05) is 6.92 Å². The van der Waals surface area contributed by atoms with Crippen LogP contribution in [0.5, 0.6) is 0 Å². The number of carbonyl (C=O) groups excluding carboxylic acids is 2. The Labute approximate surface area is 102 Å². The minimum absolute atomic E-state index is 0.0153. The van der Waals surface area contributed by atoms with Gasteiger partial charge < -0.3 is 9.80 Å². The third-order valence-corrected chi connectivity index (χ3v) is 4.93. The molecule has 0 spiro atoms. The molecule has 0 aromatic carbocycles. The fourth-order valence-corrected chi connectivity index (χ4v) is 3.61. The number of nitrogens with zero attached hydrogens (tertiary/aromatic N) is 2. The van der Waals surface area contributed by atoms with Crippen molar-refractivity contribution in [3.05, 3.63) is 0 Å². The van der Waals surface area contributed by atoms with Gasteiger partial charge in [0.25, 0.3) is 0 Å². The average molecular weight is 236 g/mol. The Morgan fingerprint density at radius 2 is 2.06 bits per heavy atom. The molecule has 0 N–H and O–H groups in total. The number of carbonyl (C=O) groups is 2. The van der Waals surface area contributed by atoms with E-state index in [1.54, 1.807) is 4.90 Å². The van der Waals surface area contributed by atoms with E-state index in [4.69, 9.17) is 0 Å². The zero-order valence-electron chi connectivity index (χ0n) is 10.4. The Balaban J connectivity index is 1.86. The van der Waals surface area contributed by atoms with Gasteiger partial charge in [0.1, 0.15) is 12.6 Å². The van der Waals surface area contributed by atoms with E-state index in [0.717, 1.165) is 38.6 Å². The SMILES string of the molecule is CCC1(N2CC(=O)N3CCCC3C2=O)CCC1. The average Bonchev–Trinajstić information content (AvgIpc) is 2.74. The second-order valence-electron chi connectivity index (χ2n) is 5.60. The predicted molar refractivity (Wildman–Crippen MR) is 63.3 cm³/mol. The highest BCUT2D eigenvalue weighted by atomic mass is 16.2. The molecule has 3 rings (SSSR count). The second kappa shape index (κ2) is 3.72. The van der Waals surface area contributed by atoms with E-state index in [1.165, 1.54) is 6.42 Å². The first-order valence-corrected chi connectivity index (χ1v) is 6.79. The molecule has 2 heterocycles. The summed E-state index contributed by atoms with van der Waals surface area (Å²) in [4.78, 5) is 28.2. The van der Waals surface area contributed by atoms with Crippen molar-refractivity contribution in [2.45, 2.75) is 57.0 Å². The van der Waals surface area contributed by atoms with E-state index in [2.05, 4.69) is 6.92 Å². The van der Waals surface area contributed by atoms with E-state index in [9.17, 15) is 9.59 Å². The molecule has 0 bridgehead atoms. The van der Waals surface area contributed by atoms with E-state index in [-0.39, 0.29) is 23.4 Å². The highest BCUT2D eigenvalue weighted by Crippen LogP contribution is 2.42. The van der Waals surface area contributed by atoms with Crippen molar-refractivity contribution >= 4 is 11.8 Å². The third kappa shape index (κ3) is 1.42. The van der Waals surface area contributed by atoms with E-state index >= 15 is 0 Å². The van der Waals surface area contributed by atoms with Gasteiger partial charge in [-0.2, -0.15) is 0 Å². The van der Waals surface area contributed by atoms with Crippen molar-refractivity contribution in [3.8, 4) is 0 Å². The summed E-state index contributed by atoms with van der Waals surface area (Å²) in [5.41, 5.74) is 0.0153. The molecule has 2 aliphatic heterocycles. The van der Waals surface area contributed by atoms with Crippen molar-refractivity contribution in [2.75, 3.05) is 13.1 Å². The van der Waals surface area contributed by atoms with Crippen LogP contribution >= 0.6 is 0 Å². The standard InChI is InChI=1S/C13H20N2O2/c1-2-13(6-4-7-13)15-9-11(16)14-8-3-5-10(14)12(15)17/h10H,2-9H2,1H3. The highest BCUT2D eigenvalue weighted by Gasteiger charge is 2.51. The summed E-state index contributed by atoms with van der Waals surface area (Å²) < 4.78 is 0. The Bertz CT molecular complexity index is 357. The molecule has 0 radical (unpaired) electrons. The van der Waals surface area contributed by atoms with Crippen LogP contribution in [0.3, 0.4) is 0 Å². The summed E-state index contributed by atoms with van der Waals surface area (Å²) in [6.45, 7) is 3.24. The molecular formula is C13H20N2O2. The number of fused-ring (bicyclic) bond motifs is 1. The third-order valence-electron chi connectivity index (χ3n) is 4.93. The molecule has 3 fully saturated rings. The van der Waals surface area contributed by atoms with E-state index in [0.29, 0.717) is 6.54 Å². The Morgan fingerprint density at radius 3 is 2.65 bits per heavy atom. The van der Waals surface area contributed by atoms with Crippen LogP contribution in [0.4, 0.5) is 0 Å². The molecule has 2 amide bonds. The van der Waals surface area contributed by atoms with Crippen LogP contribution < -0.4 is 0 Å². The number of rotatable bonds is 2. The zero-order chi connectivity index (χ0) is 12.0. The first-order valence-electron chi connectivity index (χ1n) is 6.79. The molecule has 1 aliphatic carbocycles. The largest absolute Gasteiger partial charge is 0.329 e. The van der Waals surface area contributed by atoms with Gasteiger partial charge in [0.15, 0.2) is 0 Å². The number of piperazine rings is 1. The van der Waals surface area contributed by atoms with Crippen molar-refractivity contribution in [1.82, 2.24) is 9.80 Å². The lowest BCUT2D eigenvalue weighted by molar-refractivity contribution is -0.163. The lowest BCUT2D eigenvalue weighted by Gasteiger charge is -2.53. The van der Waals surface area contributed by atoms with Gasteiger partial charge in [-0.25, -0.2) is 0 Å². The highest BCUT2D eigenvalue weighted by molar-refractivity contribution is 5.95. The maximum atomic E-state index is 12.5. The summed E-state index contributed by atoms with van der Waals surface area (Å²) in [6.07, 6.45) is 6.18. The maximum absolute atomic E-state index is 12.5. The lowest BCUT2D eigenvalue weighted by Crippen LogP contribution is -2.66. The van der Waals surface area contributed by atoms with Crippen LogP contribution in [0.15, 0.2) is 0 Å². The van der Waals surface area contributed by atoms with Gasteiger partial charge in [-0.05, 0) is 38.5 Å². The summed E-state index contributed by atoms with van der Waals surface area (Å²) in [5, 5.41) is 0. The maximum Gasteiger partial charge on any atom is 0.246 e. The van der Waals surface area contributed by atoms with Crippen LogP contribution in [-0.2, 0) is 9.59 Å². The second-order valence-corrected chi connectivity index (χ2v) is 5.60. The van der Waals surface area contributed by atoms with Crippen LogP contribution in [0.1, 0.15) is 45.4 Å². The van der Waals surface area contributed by atoms with E-state index < -0.39 is 0 Å². The minimum atomic E-state index is -0.139. The topological polar surface area (TPSA) is 40.6 Å². The Kier molecular flexibility index (Phi) is 2.42. The molecular weight excluding hydrogens is 216 g/mol. The zero-order valence-corrected chi connectivity index (χ0v) is 10.4. The molecule has 3 aliphatic rings. The van der Waals surface area contributed by atoms with Gasteiger partial charge in [0.2, 0.25) is 11.8 Å². The van der Waals surface area contributed by atoms with Crippen molar-refractivity contribution < 1.29 is 9.59 Å². The summed E-state index contributed by atoms with van der Waals surface area (Å²) in [6, 6.07) is -0.139. The first kappa shape index (κ1) is 11.1. The van der Waals surface area contributed by atoms with Gasteiger partial charge >= 0.3 is 0 Å². The number of amides is 2. The normalized spacial score (nSPS) is 31.5. The monoisotopic (exact) mass is 236 g/mol. The van der Waals surface area contributed by atoms with Gasteiger partial charge in [0.05, 0.1) is 0 Å². The molecule has 1 atom stereocenters. The van der Waals surface area contributed by atoms with Gasteiger partial charge in [-0.3, -0.25) is 9.59 Å². The van der Waals surface area contributed by atoms with Crippen LogP contribution in [0.2, 0.25) is 0 Å². The van der Waals surface area contributed by atoms with E-state index in [1.807, 2.05) is 4.90 Å². The molecule has 17 heavy (non-hydrogen) atoms. The molecule has 1 saturated carbocycles. The Hall–Kier alpha value is -1.06. The number of hydrogen-bond acceptors (Lipinski definition) is 2. The predicted octanol–water partition coefficient (Wildman–Crippen LogP) is 1.15. The molecule has 2 saturated heterocycles.